The Morgan fingerprint density at radius 3 is 3.00 bits per heavy atom. The Kier molecular flexibility index (Phi) is 4.23. The highest BCUT2D eigenvalue weighted by molar-refractivity contribution is 7.91. The van der Waals surface area contributed by atoms with E-state index in [0.29, 0.717) is 24.9 Å². The van der Waals surface area contributed by atoms with E-state index in [1.807, 2.05) is 0 Å². The van der Waals surface area contributed by atoms with Gasteiger partial charge in [0.05, 0.1) is 10.6 Å². The van der Waals surface area contributed by atoms with E-state index in [2.05, 4.69) is 17.2 Å². The van der Waals surface area contributed by atoms with Gasteiger partial charge in [0.1, 0.15) is 5.82 Å². The summed E-state index contributed by atoms with van der Waals surface area (Å²) in [5, 5.41) is 3.24. The largest absolute Gasteiger partial charge is 0.309 e. The Labute approximate surface area is 113 Å². The molecule has 102 valence electrons. The van der Waals surface area contributed by atoms with Crippen molar-refractivity contribution in [2.75, 3.05) is 12.3 Å². The van der Waals surface area contributed by atoms with Crippen LogP contribution in [-0.4, -0.2) is 20.7 Å². The number of rotatable bonds is 3. The lowest BCUT2D eigenvalue weighted by molar-refractivity contribution is 0.493. The van der Waals surface area contributed by atoms with Gasteiger partial charge in [-0.2, -0.15) is 0 Å². The number of halogens is 1. The van der Waals surface area contributed by atoms with Gasteiger partial charge in [-0.25, -0.2) is 12.8 Å². The van der Waals surface area contributed by atoms with Gasteiger partial charge in [0.15, 0.2) is 9.84 Å². The maximum Gasteiger partial charge on any atom is 0.178 e. The quantitative estimate of drug-likeness (QED) is 0.524. The molecule has 0 radical (unpaired) electrons. The van der Waals surface area contributed by atoms with Gasteiger partial charge in [-0.3, -0.25) is 0 Å². The molecule has 5 heteroatoms. The summed E-state index contributed by atoms with van der Waals surface area (Å²) in [5.74, 6) is 5.43. The standard InChI is InChI=1S/C14H16FNO2S/c1-2-3-4-8-16-13-7-9-19(17,18)14-6-5-11(15)10-12(13)14/h5-6,10,13,16H,4,7-9H2,1H3. The van der Waals surface area contributed by atoms with Crippen LogP contribution in [0.1, 0.15) is 31.4 Å². The van der Waals surface area contributed by atoms with Crippen LogP contribution in [0, 0.1) is 17.7 Å². The van der Waals surface area contributed by atoms with E-state index in [0.717, 1.165) is 0 Å². The molecule has 19 heavy (non-hydrogen) atoms. The summed E-state index contributed by atoms with van der Waals surface area (Å²) in [6, 6.07) is 3.75. The number of hydrogen-bond donors (Lipinski definition) is 1. The molecule has 0 fully saturated rings. The average molecular weight is 281 g/mol. The molecule has 1 N–H and O–H groups in total. The maximum absolute atomic E-state index is 13.3. The van der Waals surface area contributed by atoms with Gasteiger partial charge >= 0.3 is 0 Å². The molecule has 2 rings (SSSR count). The van der Waals surface area contributed by atoms with Crippen LogP contribution in [0.25, 0.3) is 0 Å². The van der Waals surface area contributed by atoms with Crippen molar-refractivity contribution in [3.63, 3.8) is 0 Å². The van der Waals surface area contributed by atoms with Crippen molar-refractivity contribution in [1.29, 1.82) is 0 Å². The third kappa shape index (κ3) is 3.14. The van der Waals surface area contributed by atoms with Crippen LogP contribution < -0.4 is 5.32 Å². The third-order valence-corrected chi connectivity index (χ3v) is 4.99. The Balaban J connectivity index is 2.24. The minimum atomic E-state index is -3.26. The number of benzene rings is 1. The summed E-state index contributed by atoms with van der Waals surface area (Å²) < 4.78 is 37.2. The maximum atomic E-state index is 13.3. The highest BCUT2D eigenvalue weighted by Crippen LogP contribution is 2.32. The molecule has 1 aliphatic rings. The Morgan fingerprint density at radius 2 is 2.26 bits per heavy atom. The molecule has 0 amide bonds. The highest BCUT2D eigenvalue weighted by atomic mass is 32.2. The second kappa shape index (κ2) is 5.72. The SMILES string of the molecule is CC#CCCNC1CCS(=O)(=O)c2ccc(F)cc21. The zero-order chi connectivity index (χ0) is 13.9. The molecule has 0 spiro atoms. The van der Waals surface area contributed by atoms with Gasteiger partial charge in [0, 0.05) is 19.0 Å². The van der Waals surface area contributed by atoms with E-state index in [4.69, 9.17) is 0 Å². The monoisotopic (exact) mass is 281 g/mol. The molecule has 1 unspecified atom stereocenters. The van der Waals surface area contributed by atoms with Crippen molar-refractivity contribution >= 4 is 9.84 Å². The smallest absolute Gasteiger partial charge is 0.178 e. The van der Waals surface area contributed by atoms with Gasteiger partial charge in [-0.15, -0.1) is 11.8 Å². The summed E-state index contributed by atoms with van der Waals surface area (Å²) in [7, 11) is -3.26. The lowest BCUT2D eigenvalue weighted by Gasteiger charge is -2.26. The molecule has 3 nitrogen and oxygen atoms in total. The first-order valence-corrected chi connectivity index (χ1v) is 7.85. The van der Waals surface area contributed by atoms with Gasteiger partial charge in [-0.05, 0) is 37.1 Å². The molecular weight excluding hydrogens is 265 g/mol. The van der Waals surface area contributed by atoms with Gasteiger partial charge in [-0.1, -0.05) is 0 Å². The van der Waals surface area contributed by atoms with E-state index in [9.17, 15) is 12.8 Å². The molecule has 1 aromatic rings. The van der Waals surface area contributed by atoms with Crippen LogP contribution in [0.15, 0.2) is 23.1 Å². The number of fused-ring (bicyclic) bond motifs is 1. The van der Waals surface area contributed by atoms with Crippen LogP contribution in [-0.2, 0) is 9.84 Å². The summed E-state index contributed by atoms with van der Waals surface area (Å²) >= 11 is 0. The summed E-state index contributed by atoms with van der Waals surface area (Å²) in [6.07, 6.45) is 1.17. The molecule has 1 atom stereocenters. The van der Waals surface area contributed by atoms with Crippen LogP contribution in [0.2, 0.25) is 0 Å². The fraction of sp³-hybridized carbons (Fsp3) is 0.429. The van der Waals surface area contributed by atoms with Gasteiger partial charge in [0.25, 0.3) is 0 Å². The Hall–Kier alpha value is -1.38. The minimum absolute atomic E-state index is 0.1000. The first-order valence-electron chi connectivity index (χ1n) is 6.20. The molecule has 0 aliphatic carbocycles. The minimum Gasteiger partial charge on any atom is -0.309 e. The molecule has 0 saturated carbocycles. The van der Waals surface area contributed by atoms with Gasteiger partial charge < -0.3 is 5.32 Å². The zero-order valence-electron chi connectivity index (χ0n) is 10.7. The Morgan fingerprint density at radius 1 is 1.47 bits per heavy atom. The van der Waals surface area contributed by atoms with Crippen molar-refractivity contribution in [1.82, 2.24) is 5.32 Å². The summed E-state index contributed by atoms with van der Waals surface area (Å²) in [4.78, 5) is 0.249. The topological polar surface area (TPSA) is 46.2 Å². The lowest BCUT2D eigenvalue weighted by atomic mass is 10.0. The first kappa shape index (κ1) is 14.0. The number of sulfone groups is 1. The second-order valence-electron chi connectivity index (χ2n) is 4.47. The number of nitrogens with one attached hydrogen (secondary N) is 1. The number of hydrogen-bond acceptors (Lipinski definition) is 3. The third-order valence-electron chi connectivity index (χ3n) is 3.18. The molecular formula is C14H16FNO2S. The Bertz CT molecular complexity index is 629. The summed E-state index contributed by atoms with van der Waals surface area (Å²) in [5.41, 5.74) is 0.538. The predicted molar refractivity (Wildman–Crippen MR) is 71.9 cm³/mol. The van der Waals surface area contributed by atoms with Crippen molar-refractivity contribution in [3.8, 4) is 11.8 Å². The lowest BCUT2D eigenvalue weighted by Crippen LogP contribution is -2.30. The molecule has 0 aromatic heterocycles. The van der Waals surface area contributed by atoms with E-state index in [-0.39, 0.29) is 16.7 Å². The molecule has 1 heterocycles. The molecule has 0 saturated heterocycles. The summed E-state index contributed by atoms with van der Waals surface area (Å²) in [6.45, 7) is 2.44. The zero-order valence-corrected chi connectivity index (χ0v) is 11.6. The van der Waals surface area contributed by atoms with Crippen LogP contribution in [0.4, 0.5) is 4.39 Å². The van der Waals surface area contributed by atoms with Crippen LogP contribution in [0.3, 0.4) is 0 Å². The second-order valence-corrected chi connectivity index (χ2v) is 6.55. The molecule has 0 bridgehead atoms. The normalized spacial score (nSPS) is 20.2. The predicted octanol–water partition coefficient (Wildman–Crippen LogP) is 2.05. The van der Waals surface area contributed by atoms with E-state index in [1.165, 1.54) is 18.2 Å². The fourth-order valence-corrected chi connectivity index (χ4v) is 3.86. The molecule has 1 aromatic carbocycles. The van der Waals surface area contributed by atoms with Crippen LogP contribution in [0.5, 0.6) is 0 Å². The first-order chi connectivity index (χ1) is 9.04. The molecule has 1 aliphatic heterocycles. The fourth-order valence-electron chi connectivity index (χ4n) is 2.26. The highest BCUT2D eigenvalue weighted by Gasteiger charge is 2.30. The van der Waals surface area contributed by atoms with Crippen molar-refractivity contribution in [2.24, 2.45) is 0 Å². The van der Waals surface area contributed by atoms with E-state index in [1.54, 1.807) is 6.92 Å². The van der Waals surface area contributed by atoms with Crippen LogP contribution >= 0.6 is 0 Å². The van der Waals surface area contributed by atoms with E-state index >= 15 is 0 Å². The van der Waals surface area contributed by atoms with Gasteiger partial charge in [0.2, 0.25) is 0 Å². The average Bonchev–Trinajstić information content (AvgIpc) is 2.36. The van der Waals surface area contributed by atoms with Crippen molar-refractivity contribution in [3.05, 3.63) is 29.6 Å². The van der Waals surface area contributed by atoms with Crippen molar-refractivity contribution in [2.45, 2.75) is 30.7 Å². The van der Waals surface area contributed by atoms with E-state index < -0.39 is 15.7 Å². The van der Waals surface area contributed by atoms with Crippen molar-refractivity contribution < 1.29 is 12.8 Å².